The van der Waals surface area contributed by atoms with Crippen molar-refractivity contribution < 1.29 is 9.59 Å². The summed E-state index contributed by atoms with van der Waals surface area (Å²) in [5.41, 5.74) is -0.804. The van der Waals surface area contributed by atoms with Gasteiger partial charge >= 0.3 is 0 Å². The van der Waals surface area contributed by atoms with Gasteiger partial charge < -0.3 is 0 Å². The van der Waals surface area contributed by atoms with Crippen LogP contribution < -0.4 is 0 Å². The summed E-state index contributed by atoms with van der Waals surface area (Å²) in [6.07, 6.45) is 43.3. The molecule has 0 unspecified atom stereocenters. The lowest BCUT2D eigenvalue weighted by molar-refractivity contribution is -0.143. The van der Waals surface area contributed by atoms with E-state index in [9.17, 15) is 9.59 Å². The van der Waals surface area contributed by atoms with Crippen molar-refractivity contribution in [3.05, 3.63) is 24.3 Å². The van der Waals surface area contributed by atoms with Gasteiger partial charge in [-0.05, 0) is 77.0 Å². The van der Waals surface area contributed by atoms with E-state index in [1.807, 2.05) is 6.92 Å². The van der Waals surface area contributed by atoms with Crippen molar-refractivity contribution in [3.8, 4) is 0 Å². The zero-order valence-corrected chi connectivity index (χ0v) is 30.0. The van der Waals surface area contributed by atoms with Gasteiger partial charge in [0.1, 0.15) is 11.6 Å². The first kappa shape index (κ1) is 41.8. The summed E-state index contributed by atoms with van der Waals surface area (Å²) in [5.74, 6) is 0.425. The average molecular weight is 601 g/mol. The second-order valence-electron chi connectivity index (χ2n) is 13.9. The first-order valence-electron chi connectivity index (χ1n) is 19.3. The van der Waals surface area contributed by atoms with Crippen molar-refractivity contribution in [1.29, 1.82) is 0 Å². The fourth-order valence-electron chi connectivity index (χ4n) is 6.03. The summed E-state index contributed by atoms with van der Waals surface area (Å²) in [7, 11) is 0. The van der Waals surface area contributed by atoms with E-state index in [0.717, 1.165) is 25.7 Å². The van der Waals surface area contributed by atoms with Gasteiger partial charge in [0.05, 0.1) is 5.41 Å². The molecule has 2 heteroatoms. The Hall–Kier alpha value is -1.18. The molecule has 0 aliphatic carbocycles. The molecule has 0 aromatic rings. The van der Waals surface area contributed by atoms with E-state index in [2.05, 4.69) is 52.0 Å². The number of allylic oxidation sites excluding steroid dienone is 4. The predicted octanol–water partition coefficient (Wildman–Crippen LogP) is 13.9. The lowest BCUT2D eigenvalue weighted by Crippen LogP contribution is -2.41. The Labute approximate surface area is 270 Å². The predicted molar refractivity (Wildman–Crippen MR) is 192 cm³/mol. The monoisotopic (exact) mass is 601 g/mol. The van der Waals surface area contributed by atoms with E-state index in [1.54, 1.807) is 0 Å². The number of Topliss-reactive ketones (excluding diaryl/α,β-unsaturated/α-hetero) is 2. The Balaban J connectivity index is 3.90. The van der Waals surface area contributed by atoms with Gasteiger partial charge in [-0.1, -0.05) is 155 Å². The smallest absolute Gasteiger partial charge is 0.146 e. The molecule has 2 nitrogen and oxygen atoms in total. The fourth-order valence-corrected chi connectivity index (χ4v) is 6.03. The van der Waals surface area contributed by atoms with Crippen LogP contribution in [0.2, 0.25) is 0 Å². The van der Waals surface area contributed by atoms with Crippen LogP contribution in [0, 0.1) is 11.3 Å². The molecular weight excluding hydrogens is 524 g/mol. The molecule has 0 saturated heterocycles. The van der Waals surface area contributed by atoms with Crippen LogP contribution in [-0.4, -0.2) is 11.6 Å². The fraction of sp³-hybridized carbons (Fsp3) is 0.854. The molecule has 0 aliphatic heterocycles. The summed E-state index contributed by atoms with van der Waals surface area (Å²) >= 11 is 0. The van der Waals surface area contributed by atoms with Gasteiger partial charge in [-0.2, -0.15) is 0 Å². The average Bonchev–Trinajstić information content (AvgIpc) is 3.00. The molecule has 0 rings (SSSR count). The van der Waals surface area contributed by atoms with Crippen LogP contribution in [0.3, 0.4) is 0 Å². The van der Waals surface area contributed by atoms with Crippen LogP contribution in [0.15, 0.2) is 24.3 Å². The zero-order valence-electron chi connectivity index (χ0n) is 30.0. The van der Waals surface area contributed by atoms with E-state index in [-0.39, 0.29) is 17.5 Å². The van der Waals surface area contributed by atoms with E-state index in [0.29, 0.717) is 12.8 Å². The maximum atomic E-state index is 13.2. The van der Waals surface area contributed by atoms with Crippen molar-refractivity contribution in [2.75, 3.05) is 0 Å². The van der Waals surface area contributed by atoms with Crippen LogP contribution in [0.25, 0.3) is 0 Å². The molecular formula is C41H76O2. The SMILES string of the molecule is CCCCCCCC/C=C\CCCCCCCC(=O)C(C)(C(=O)CCCCCCC/C=C\CCCCCCCC)C(C)C. The molecule has 0 radical (unpaired) electrons. The lowest BCUT2D eigenvalue weighted by atomic mass is 9.69. The highest BCUT2D eigenvalue weighted by molar-refractivity contribution is 6.06. The second-order valence-corrected chi connectivity index (χ2v) is 13.9. The second kappa shape index (κ2) is 30.8. The normalized spacial score (nSPS) is 12.3. The molecule has 0 bridgehead atoms. The van der Waals surface area contributed by atoms with Gasteiger partial charge in [0, 0.05) is 12.8 Å². The number of ketones is 2. The number of hydrogen-bond acceptors (Lipinski definition) is 2. The molecule has 0 amide bonds. The molecule has 0 spiro atoms. The number of rotatable bonds is 33. The van der Waals surface area contributed by atoms with Gasteiger partial charge in [-0.15, -0.1) is 0 Å². The highest BCUT2D eigenvalue weighted by Crippen LogP contribution is 2.33. The van der Waals surface area contributed by atoms with Crippen LogP contribution in [0.5, 0.6) is 0 Å². The minimum absolute atomic E-state index is 0.0683. The van der Waals surface area contributed by atoms with E-state index >= 15 is 0 Å². The topological polar surface area (TPSA) is 34.1 Å². The maximum Gasteiger partial charge on any atom is 0.146 e. The first-order chi connectivity index (χ1) is 20.9. The Bertz CT molecular complexity index is 634. The number of carbonyl (C=O) groups excluding carboxylic acids is 2. The third kappa shape index (κ3) is 23.8. The Kier molecular flexibility index (Phi) is 30.0. The maximum absolute atomic E-state index is 13.2. The third-order valence-electron chi connectivity index (χ3n) is 9.64. The molecule has 0 N–H and O–H groups in total. The van der Waals surface area contributed by atoms with Gasteiger partial charge in [0.15, 0.2) is 0 Å². The summed E-state index contributed by atoms with van der Waals surface area (Å²) < 4.78 is 0. The quantitative estimate of drug-likeness (QED) is 0.0426. The molecule has 0 saturated carbocycles. The lowest BCUT2D eigenvalue weighted by Gasteiger charge is -2.31. The van der Waals surface area contributed by atoms with Gasteiger partial charge in [-0.3, -0.25) is 9.59 Å². The minimum Gasteiger partial charge on any atom is -0.299 e. The standard InChI is InChI=1S/C41H76O2/c1-6-8-10-12-14-16-18-20-22-24-26-28-30-32-34-36-39(42)41(5,38(3)4)40(43)37-35-33-31-29-27-25-23-21-19-17-15-13-11-9-7-2/h20-23,38H,6-19,24-37H2,1-5H3/b22-20-,23-21-. The minimum atomic E-state index is -0.804. The summed E-state index contributed by atoms with van der Waals surface area (Å²) in [4.78, 5) is 26.4. The molecule has 0 aromatic carbocycles. The molecule has 0 aliphatic rings. The van der Waals surface area contributed by atoms with Gasteiger partial charge in [0.25, 0.3) is 0 Å². The van der Waals surface area contributed by atoms with Crippen molar-refractivity contribution in [2.24, 2.45) is 11.3 Å². The third-order valence-corrected chi connectivity index (χ3v) is 9.64. The summed E-state index contributed by atoms with van der Waals surface area (Å²) in [6, 6.07) is 0. The first-order valence-corrected chi connectivity index (χ1v) is 19.3. The van der Waals surface area contributed by atoms with Crippen LogP contribution >= 0.6 is 0 Å². The van der Waals surface area contributed by atoms with Crippen molar-refractivity contribution >= 4 is 11.6 Å². The van der Waals surface area contributed by atoms with Crippen LogP contribution in [-0.2, 0) is 9.59 Å². The number of hydrogen-bond donors (Lipinski definition) is 0. The van der Waals surface area contributed by atoms with Gasteiger partial charge in [-0.25, -0.2) is 0 Å². The highest BCUT2D eigenvalue weighted by Gasteiger charge is 2.41. The van der Waals surface area contributed by atoms with E-state index in [4.69, 9.17) is 0 Å². The molecule has 0 atom stereocenters. The molecule has 0 aromatic heterocycles. The van der Waals surface area contributed by atoms with E-state index < -0.39 is 5.41 Å². The largest absolute Gasteiger partial charge is 0.299 e. The molecule has 252 valence electrons. The zero-order chi connectivity index (χ0) is 31.9. The number of unbranched alkanes of at least 4 members (excludes halogenated alkanes) is 22. The Morgan fingerprint density at radius 1 is 0.442 bits per heavy atom. The van der Waals surface area contributed by atoms with Crippen LogP contribution in [0.4, 0.5) is 0 Å². The van der Waals surface area contributed by atoms with Crippen LogP contribution in [0.1, 0.15) is 214 Å². The Morgan fingerprint density at radius 3 is 0.977 bits per heavy atom. The van der Waals surface area contributed by atoms with Crippen molar-refractivity contribution in [2.45, 2.75) is 214 Å². The number of carbonyl (C=O) groups is 2. The summed E-state index contributed by atoms with van der Waals surface area (Å²) in [5, 5.41) is 0. The summed E-state index contributed by atoms with van der Waals surface area (Å²) in [6.45, 7) is 10.6. The van der Waals surface area contributed by atoms with E-state index in [1.165, 1.54) is 141 Å². The molecule has 0 fully saturated rings. The molecule has 43 heavy (non-hydrogen) atoms. The highest BCUT2D eigenvalue weighted by atomic mass is 16.2. The Morgan fingerprint density at radius 2 is 0.698 bits per heavy atom. The van der Waals surface area contributed by atoms with Gasteiger partial charge in [0.2, 0.25) is 0 Å². The van der Waals surface area contributed by atoms with Crippen molar-refractivity contribution in [1.82, 2.24) is 0 Å². The molecule has 0 heterocycles. The van der Waals surface area contributed by atoms with Crippen molar-refractivity contribution in [3.63, 3.8) is 0 Å².